The number of benzene rings is 1. The van der Waals surface area contributed by atoms with Gasteiger partial charge in [-0.25, -0.2) is 8.78 Å². The molecule has 10 heteroatoms. The summed E-state index contributed by atoms with van der Waals surface area (Å²) in [4.78, 5) is 21.5. The lowest BCUT2D eigenvalue weighted by Gasteiger charge is -2.21. The van der Waals surface area contributed by atoms with E-state index in [1.54, 1.807) is 21.0 Å². The molecule has 0 spiro atoms. The molecule has 0 aliphatic heterocycles. The van der Waals surface area contributed by atoms with E-state index in [0.29, 0.717) is 16.0 Å². The molecule has 0 radical (unpaired) electrons. The summed E-state index contributed by atoms with van der Waals surface area (Å²) in [5.41, 5.74) is 0.183. The molecule has 168 valence electrons. The molecule has 0 bridgehead atoms. The lowest BCUT2D eigenvalue weighted by molar-refractivity contribution is -0.141. The van der Waals surface area contributed by atoms with Crippen LogP contribution in [-0.2, 0) is 6.18 Å². The van der Waals surface area contributed by atoms with E-state index in [-0.39, 0.29) is 17.2 Å². The first-order valence-electron chi connectivity index (χ1n) is 9.30. The quantitative estimate of drug-likeness (QED) is 0.359. The van der Waals surface area contributed by atoms with Crippen LogP contribution in [0.3, 0.4) is 0 Å². The third kappa shape index (κ3) is 5.24. The van der Waals surface area contributed by atoms with Gasteiger partial charge in [0.05, 0.1) is 5.25 Å². The minimum atomic E-state index is -4.59. The second kappa shape index (κ2) is 9.23. The van der Waals surface area contributed by atoms with Crippen molar-refractivity contribution in [1.82, 2.24) is 14.9 Å². The molecular formula is C22H18F5N3OS. The standard InChI is InChI=1S/C22H18F5N3OS/c1-12-8-18(21(31)30(2)3)28-11-16(12)20(15-9-13(23)4-6-17(15)24)32-14-5-7-19(29-10-14)22(25,26)27/h4-11,20H,1-3H3. The van der Waals surface area contributed by atoms with Gasteiger partial charge in [-0.1, -0.05) is 0 Å². The second-order valence-corrected chi connectivity index (χ2v) is 8.34. The number of carbonyl (C=O) groups excluding carboxylic acids is 1. The van der Waals surface area contributed by atoms with Crippen LogP contribution in [0, 0.1) is 18.6 Å². The third-order valence-corrected chi connectivity index (χ3v) is 5.84. The van der Waals surface area contributed by atoms with Gasteiger partial charge in [0.2, 0.25) is 0 Å². The van der Waals surface area contributed by atoms with Gasteiger partial charge in [0.25, 0.3) is 5.91 Å². The van der Waals surface area contributed by atoms with Gasteiger partial charge in [-0.3, -0.25) is 14.8 Å². The van der Waals surface area contributed by atoms with Crippen molar-refractivity contribution in [2.75, 3.05) is 14.1 Å². The van der Waals surface area contributed by atoms with Gasteiger partial charge < -0.3 is 4.90 Å². The van der Waals surface area contributed by atoms with Gasteiger partial charge in [-0.15, -0.1) is 11.8 Å². The SMILES string of the molecule is Cc1cc(C(=O)N(C)C)ncc1C(Sc1ccc(C(F)(F)F)nc1)c1cc(F)ccc1F. The fraction of sp³-hybridized carbons (Fsp3) is 0.227. The summed E-state index contributed by atoms with van der Waals surface area (Å²) in [5.74, 6) is -1.67. The number of hydrogen-bond donors (Lipinski definition) is 0. The smallest absolute Gasteiger partial charge is 0.343 e. The minimum Gasteiger partial charge on any atom is -0.343 e. The molecule has 0 saturated heterocycles. The summed E-state index contributed by atoms with van der Waals surface area (Å²) in [7, 11) is 3.15. The van der Waals surface area contributed by atoms with Crippen molar-refractivity contribution in [2.45, 2.75) is 23.2 Å². The van der Waals surface area contributed by atoms with Crippen molar-refractivity contribution in [3.63, 3.8) is 0 Å². The van der Waals surface area contributed by atoms with E-state index in [1.807, 2.05) is 0 Å². The van der Waals surface area contributed by atoms with Crippen LogP contribution in [0.15, 0.2) is 53.7 Å². The first-order valence-corrected chi connectivity index (χ1v) is 10.2. The van der Waals surface area contributed by atoms with Gasteiger partial charge >= 0.3 is 6.18 Å². The number of nitrogens with zero attached hydrogens (tertiary/aromatic N) is 3. The molecule has 2 aromatic heterocycles. The average Bonchev–Trinajstić information content (AvgIpc) is 2.73. The summed E-state index contributed by atoms with van der Waals surface area (Å²) in [6.45, 7) is 1.69. The highest BCUT2D eigenvalue weighted by Gasteiger charge is 2.32. The molecule has 32 heavy (non-hydrogen) atoms. The zero-order chi connectivity index (χ0) is 23.6. The van der Waals surface area contributed by atoms with Gasteiger partial charge in [-0.2, -0.15) is 13.2 Å². The number of aromatic nitrogens is 2. The van der Waals surface area contributed by atoms with Gasteiger partial charge in [0.15, 0.2) is 0 Å². The number of aryl methyl sites for hydroxylation is 1. The molecule has 1 unspecified atom stereocenters. The molecule has 0 saturated carbocycles. The number of halogens is 5. The first kappa shape index (κ1) is 23.6. The Hall–Kier alpha value is -3.01. The maximum Gasteiger partial charge on any atom is 0.433 e. The lowest BCUT2D eigenvalue weighted by Crippen LogP contribution is -2.23. The summed E-state index contributed by atoms with van der Waals surface area (Å²) in [5, 5.41) is -0.847. The van der Waals surface area contributed by atoms with Crippen LogP contribution in [0.25, 0.3) is 0 Å². The second-order valence-electron chi connectivity index (χ2n) is 7.17. The number of alkyl halides is 3. The van der Waals surface area contributed by atoms with Crippen molar-refractivity contribution in [2.24, 2.45) is 0 Å². The Morgan fingerprint density at radius 3 is 2.28 bits per heavy atom. The Bertz CT molecular complexity index is 1130. The first-order chi connectivity index (χ1) is 15.0. The van der Waals surface area contributed by atoms with E-state index in [2.05, 4.69) is 9.97 Å². The van der Waals surface area contributed by atoms with Crippen molar-refractivity contribution >= 4 is 17.7 Å². The Kier molecular flexibility index (Phi) is 6.82. The van der Waals surface area contributed by atoms with Crippen LogP contribution < -0.4 is 0 Å². The topological polar surface area (TPSA) is 46.1 Å². The number of rotatable bonds is 5. The van der Waals surface area contributed by atoms with Gasteiger partial charge in [0, 0.05) is 36.9 Å². The van der Waals surface area contributed by atoms with Crippen molar-refractivity contribution in [3.8, 4) is 0 Å². The van der Waals surface area contributed by atoms with Crippen LogP contribution in [-0.4, -0.2) is 34.9 Å². The number of pyridine rings is 2. The molecule has 0 aliphatic carbocycles. The monoisotopic (exact) mass is 467 g/mol. The predicted octanol–water partition coefficient (Wildman–Crippen LogP) is 5.67. The highest BCUT2D eigenvalue weighted by Crippen LogP contribution is 2.43. The molecule has 4 nitrogen and oxygen atoms in total. The highest BCUT2D eigenvalue weighted by molar-refractivity contribution is 7.99. The predicted molar refractivity (Wildman–Crippen MR) is 110 cm³/mol. The molecule has 3 aromatic rings. The largest absolute Gasteiger partial charge is 0.433 e. The maximum atomic E-state index is 14.6. The van der Waals surface area contributed by atoms with E-state index in [4.69, 9.17) is 0 Å². The zero-order valence-corrected chi connectivity index (χ0v) is 18.1. The van der Waals surface area contributed by atoms with Gasteiger partial charge in [-0.05, 0) is 54.4 Å². The van der Waals surface area contributed by atoms with E-state index < -0.39 is 28.8 Å². The van der Waals surface area contributed by atoms with Crippen LogP contribution in [0.1, 0.15) is 38.1 Å². The fourth-order valence-electron chi connectivity index (χ4n) is 2.95. The van der Waals surface area contributed by atoms with Gasteiger partial charge in [0.1, 0.15) is 23.0 Å². The number of hydrogen-bond acceptors (Lipinski definition) is 4. The van der Waals surface area contributed by atoms with E-state index in [0.717, 1.165) is 42.2 Å². The minimum absolute atomic E-state index is 0.00789. The molecule has 3 rings (SSSR count). The van der Waals surface area contributed by atoms with Crippen LogP contribution in [0.4, 0.5) is 22.0 Å². The molecule has 0 aliphatic rings. The zero-order valence-electron chi connectivity index (χ0n) is 17.2. The summed E-state index contributed by atoms with van der Waals surface area (Å²) in [6, 6.07) is 6.57. The molecular weight excluding hydrogens is 449 g/mol. The fourth-order valence-corrected chi connectivity index (χ4v) is 4.16. The average molecular weight is 467 g/mol. The van der Waals surface area contributed by atoms with Crippen molar-refractivity contribution in [3.05, 3.63) is 88.5 Å². The van der Waals surface area contributed by atoms with E-state index >= 15 is 0 Å². The Balaban J connectivity index is 2.06. The summed E-state index contributed by atoms with van der Waals surface area (Å²) >= 11 is 1.000. The molecule has 1 aromatic carbocycles. The van der Waals surface area contributed by atoms with E-state index in [1.165, 1.54) is 23.2 Å². The van der Waals surface area contributed by atoms with Crippen LogP contribution in [0.2, 0.25) is 0 Å². The number of carbonyl (C=O) groups is 1. The van der Waals surface area contributed by atoms with Crippen LogP contribution >= 0.6 is 11.8 Å². The number of thioether (sulfide) groups is 1. The highest BCUT2D eigenvalue weighted by atomic mass is 32.2. The number of amides is 1. The lowest BCUT2D eigenvalue weighted by atomic mass is 10.0. The molecule has 2 heterocycles. The summed E-state index contributed by atoms with van der Waals surface area (Å²) < 4.78 is 67.0. The molecule has 0 fully saturated rings. The van der Waals surface area contributed by atoms with Crippen molar-refractivity contribution < 1.29 is 26.7 Å². The van der Waals surface area contributed by atoms with Crippen LogP contribution in [0.5, 0.6) is 0 Å². The third-order valence-electron chi connectivity index (χ3n) is 4.58. The maximum absolute atomic E-state index is 14.6. The molecule has 1 atom stereocenters. The Labute approximate surface area is 185 Å². The molecule has 1 amide bonds. The summed E-state index contributed by atoms with van der Waals surface area (Å²) in [6.07, 6.45) is -2.16. The van der Waals surface area contributed by atoms with Crippen molar-refractivity contribution in [1.29, 1.82) is 0 Å². The Morgan fingerprint density at radius 2 is 1.72 bits per heavy atom. The Morgan fingerprint density at radius 1 is 1.00 bits per heavy atom. The van der Waals surface area contributed by atoms with E-state index in [9.17, 15) is 26.7 Å². The molecule has 0 N–H and O–H groups in total. The normalized spacial score (nSPS) is 12.5.